The number of imide groups is 1. The summed E-state index contributed by atoms with van der Waals surface area (Å²) in [6, 6.07) is 4.22. The zero-order valence-corrected chi connectivity index (χ0v) is 21.2. The third kappa shape index (κ3) is 5.63. The molecule has 184 valence electrons. The Hall–Kier alpha value is -2.38. The number of hydrogen-bond acceptors (Lipinski definition) is 4. The molecule has 1 aromatic rings. The highest BCUT2D eigenvalue weighted by Gasteiger charge is 2.47. The molecular formula is C25H31Cl2N3O4. The molecule has 1 saturated heterocycles. The molecule has 2 aliphatic rings. The van der Waals surface area contributed by atoms with Crippen molar-refractivity contribution in [3.63, 3.8) is 0 Å². The van der Waals surface area contributed by atoms with Crippen LogP contribution in [-0.2, 0) is 25.7 Å². The number of carbonyl (C=O) groups is 4. The summed E-state index contributed by atoms with van der Waals surface area (Å²) in [5.74, 6) is -1.76. The number of halogens is 2. The van der Waals surface area contributed by atoms with Crippen LogP contribution in [0.4, 0.5) is 0 Å². The van der Waals surface area contributed by atoms with Gasteiger partial charge in [0, 0.05) is 41.2 Å². The summed E-state index contributed by atoms with van der Waals surface area (Å²) in [4.78, 5) is 54.6. The molecule has 0 spiro atoms. The summed E-state index contributed by atoms with van der Waals surface area (Å²) in [6.07, 6.45) is 5.24. The molecule has 1 aromatic carbocycles. The van der Waals surface area contributed by atoms with Gasteiger partial charge in [-0.3, -0.25) is 24.1 Å². The van der Waals surface area contributed by atoms with E-state index in [1.54, 1.807) is 18.2 Å². The van der Waals surface area contributed by atoms with Crippen LogP contribution in [0.3, 0.4) is 0 Å². The van der Waals surface area contributed by atoms with Gasteiger partial charge in [0.2, 0.25) is 23.6 Å². The van der Waals surface area contributed by atoms with Crippen LogP contribution in [0.5, 0.6) is 0 Å². The van der Waals surface area contributed by atoms with Crippen LogP contribution in [0.1, 0.15) is 52.0 Å². The van der Waals surface area contributed by atoms with Crippen molar-refractivity contribution in [2.75, 3.05) is 6.54 Å². The monoisotopic (exact) mass is 507 g/mol. The first-order valence-corrected chi connectivity index (χ1v) is 12.4. The SMILES string of the molecule is CCC(C(=O)NC(C)C)N(Cc1c(Cl)cccc1Cl)C(=O)CCN1C(=O)[C@H]2CC=CC[C@H]2C1=O. The van der Waals surface area contributed by atoms with E-state index in [-0.39, 0.29) is 61.0 Å². The van der Waals surface area contributed by atoms with E-state index < -0.39 is 6.04 Å². The molecular weight excluding hydrogens is 477 g/mol. The Bertz CT molecular complexity index is 948. The van der Waals surface area contributed by atoms with Gasteiger partial charge in [-0.05, 0) is 45.2 Å². The first kappa shape index (κ1) is 26.2. The Kier molecular flexibility index (Phi) is 8.77. The molecule has 1 N–H and O–H groups in total. The van der Waals surface area contributed by atoms with Crippen LogP contribution in [0.25, 0.3) is 0 Å². The second kappa shape index (κ2) is 11.4. The first-order chi connectivity index (χ1) is 16.1. The standard InChI is InChI=1S/C25H31Cl2N3O4/c1-4-21(23(32)28-15(2)3)30(14-18-19(26)10-7-11-20(18)27)22(31)12-13-29-24(33)16-8-5-6-9-17(16)25(29)34/h5-7,10-11,15-17,21H,4,8-9,12-14H2,1-3H3,(H,28,32)/t16-,17+,21?. The predicted octanol–water partition coefficient (Wildman–Crippen LogP) is 3.97. The zero-order valence-electron chi connectivity index (χ0n) is 19.7. The Morgan fingerprint density at radius 1 is 1.09 bits per heavy atom. The second-order valence-corrected chi connectivity index (χ2v) is 9.86. The number of likely N-dealkylation sites (tertiary alicyclic amines) is 1. The van der Waals surface area contributed by atoms with Gasteiger partial charge >= 0.3 is 0 Å². The van der Waals surface area contributed by atoms with Crippen molar-refractivity contribution in [1.82, 2.24) is 15.1 Å². The van der Waals surface area contributed by atoms with Crippen LogP contribution in [0.15, 0.2) is 30.4 Å². The average molecular weight is 508 g/mol. The molecule has 0 bridgehead atoms. The Morgan fingerprint density at radius 2 is 1.65 bits per heavy atom. The van der Waals surface area contributed by atoms with Crippen LogP contribution < -0.4 is 5.32 Å². The minimum absolute atomic E-state index is 0.0154. The second-order valence-electron chi connectivity index (χ2n) is 9.04. The third-order valence-electron chi connectivity index (χ3n) is 6.36. The van der Waals surface area contributed by atoms with Gasteiger partial charge in [0.15, 0.2) is 0 Å². The van der Waals surface area contributed by atoms with Gasteiger partial charge in [0.25, 0.3) is 0 Å². The summed E-state index contributed by atoms with van der Waals surface area (Å²) < 4.78 is 0. The van der Waals surface area contributed by atoms with Crippen molar-refractivity contribution in [3.8, 4) is 0 Å². The van der Waals surface area contributed by atoms with Gasteiger partial charge in [0.1, 0.15) is 6.04 Å². The molecule has 34 heavy (non-hydrogen) atoms. The highest BCUT2D eigenvalue weighted by molar-refractivity contribution is 6.36. The van der Waals surface area contributed by atoms with E-state index in [9.17, 15) is 19.2 Å². The molecule has 0 saturated carbocycles. The molecule has 1 aliphatic heterocycles. The largest absolute Gasteiger partial charge is 0.352 e. The van der Waals surface area contributed by atoms with Crippen molar-refractivity contribution in [2.24, 2.45) is 11.8 Å². The van der Waals surface area contributed by atoms with Crippen molar-refractivity contribution in [1.29, 1.82) is 0 Å². The van der Waals surface area contributed by atoms with E-state index in [4.69, 9.17) is 23.2 Å². The van der Waals surface area contributed by atoms with E-state index in [2.05, 4.69) is 5.32 Å². The van der Waals surface area contributed by atoms with Crippen molar-refractivity contribution >= 4 is 46.8 Å². The summed E-state index contributed by atoms with van der Waals surface area (Å²) in [5, 5.41) is 3.65. The summed E-state index contributed by atoms with van der Waals surface area (Å²) in [6.45, 7) is 5.54. The van der Waals surface area contributed by atoms with Gasteiger partial charge in [-0.25, -0.2) is 0 Å². The lowest BCUT2D eigenvalue weighted by Gasteiger charge is -2.32. The number of benzene rings is 1. The summed E-state index contributed by atoms with van der Waals surface area (Å²) in [7, 11) is 0. The fraction of sp³-hybridized carbons (Fsp3) is 0.520. The topological polar surface area (TPSA) is 86.8 Å². The van der Waals surface area contributed by atoms with E-state index in [0.29, 0.717) is 34.9 Å². The van der Waals surface area contributed by atoms with E-state index >= 15 is 0 Å². The molecule has 0 radical (unpaired) electrons. The average Bonchev–Trinajstić information content (AvgIpc) is 3.03. The molecule has 4 amide bonds. The maximum absolute atomic E-state index is 13.4. The molecule has 1 fully saturated rings. The van der Waals surface area contributed by atoms with Crippen molar-refractivity contribution in [2.45, 2.75) is 65.1 Å². The van der Waals surface area contributed by atoms with E-state index in [1.165, 1.54) is 9.80 Å². The van der Waals surface area contributed by atoms with Gasteiger partial charge in [-0.2, -0.15) is 0 Å². The number of allylic oxidation sites excluding steroid dienone is 2. The van der Waals surface area contributed by atoms with Gasteiger partial charge in [-0.1, -0.05) is 48.3 Å². The van der Waals surface area contributed by atoms with E-state index in [1.807, 2.05) is 32.9 Å². The van der Waals surface area contributed by atoms with Gasteiger partial charge < -0.3 is 10.2 Å². The van der Waals surface area contributed by atoms with E-state index in [0.717, 1.165) is 0 Å². The Labute approximate surface area is 210 Å². The van der Waals surface area contributed by atoms with Crippen molar-refractivity contribution < 1.29 is 19.2 Å². The number of amides is 4. The Morgan fingerprint density at radius 3 is 2.15 bits per heavy atom. The fourth-order valence-electron chi connectivity index (χ4n) is 4.59. The highest BCUT2D eigenvalue weighted by atomic mass is 35.5. The molecule has 3 atom stereocenters. The third-order valence-corrected chi connectivity index (χ3v) is 7.06. The quantitative estimate of drug-likeness (QED) is 0.404. The number of carbonyl (C=O) groups excluding carboxylic acids is 4. The van der Waals surface area contributed by atoms with Crippen LogP contribution >= 0.6 is 23.2 Å². The molecule has 1 heterocycles. The van der Waals surface area contributed by atoms with Crippen LogP contribution in [-0.4, -0.2) is 52.1 Å². The lowest BCUT2D eigenvalue weighted by atomic mass is 9.85. The molecule has 7 nitrogen and oxygen atoms in total. The van der Waals surface area contributed by atoms with Crippen LogP contribution in [0, 0.1) is 11.8 Å². The smallest absolute Gasteiger partial charge is 0.243 e. The number of fused-ring (bicyclic) bond motifs is 1. The fourth-order valence-corrected chi connectivity index (χ4v) is 5.11. The summed E-state index contributed by atoms with van der Waals surface area (Å²) >= 11 is 12.7. The minimum Gasteiger partial charge on any atom is -0.352 e. The number of hydrogen-bond donors (Lipinski definition) is 1. The number of rotatable bonds is 9. The van der Waals surface area contributed by atoms with Crippen LogP contribution in [0.2, 0.25) is 10.0 Å². The van der Waals surface area contributed by atoms with Gasteiger partial charge in [0.05, 0.1) is 11.8 Å². The maximum atomic E-state index is 13.4. The molecule has 0 aromatic heterocycles. The number of nitrogens with zero attached hydrogens (tertiary/aromatic N) is 2. The lowest BCUT2D eigenvalue weighted by molar-refractivity contribution is -0.144. The lowest BCUT2D eigenvalue weighted by Crippen LogP contribution is -2.51. The first-order valence-electron chi connectivity index (χ1n) is 11.7. The van der Waals surface area contributed by atoms with Crippen molar-refractivity contribution in [3.05, 3.63) is 46.0 Å². The molecule has 3 rings (SSSR count). The Balaban J connectivity index is 1.80. The minimum atomic E-state index is -0.751. The molecule has 1 unspecified atom stereocenters. The maximum Gasteiger partial charge on any atom is 0.243 e. The summed E-state index contributed by atoms with van der Waals surface area (Å²) in [5.41, 5.74) is 0.542. The molecule has 9 heteroatoms. The molecule has 1 aliphatic carbocycles. The van der Waals surface area contributed by atoms with Gasteiger partial charge in [-0.15, -0.1) is 0 Å². The number of nitrogens with one attached hydrogen (secondary N) is 1. The normalized spacial score (nSPS) is 20.5. The zero-order chi connectivity index (χ0) is 25.0. The highest BCUT2D eigenvalue weighted by Crippen LogP contribution is 2.35. The predicted molar refractivity (Wildman–Crippen MR) is 131 cm³/mol.